The summed E-state index contributed by atoms with van der Waals surface area (Å²) in [6.45, 7) is -0.122. The van der Waals surface area contributed by atoms with Crippen molar-refractivity contribution in [3.05, 3.63) is 66.1 Å². The lowest BCUT2D eigenvalue weighted by atomic mass is 10.1. The fourth-order valence-electron chi connectivity index (χ4n) is 2.77. The number of halogens is 1. The first kappa shape index (κ1) is 17.6. The van der Waals surface area contributed by atoms with Gasteiger partial charge in [0.25, 0.3) is 0 Å². The summed E-state index contributed by atoms with van der Waals surface area (Å²) in [7, 11) is 1.86. The number of para-hydroxylation sites is 1. The molecular formula is C19H18FN3O3. The molecule has 1 unspecified atom stereocenters. The lowest BCUT2D eigenvalue weighted by Crippen LogP contribution is -2.37. The van der Waals surface area contributed by atoms with Crippen LogP contribution in [0.4, 0.5) is 10.1 Å². The molecule has 1 atom stereocenters. The number of aliphatic hydroxyl groups is 1. The number of amides is 2. The third-order valence-corrected chi connectivity index (χ3v) is 4.03. The lowest BCUT2D eigenvalue weighted by molar-refractivity contribution is -0.136. The molecule has 0 aliphatic rings. The lowest BCUT2D eigenvalue weighted by Gasteiger charge is -2.11. The van der Waals surface area contributed by atoms with Crippen LogP contribution in [0.5, 0.6) is 0 Å². The van der Waals surface area contributed by atoms with E-state index in [0.29, 0.717) is 5.56 Å². The van der Waals surface area contributed by atoms with Gasteiger partial charge in [-0.25, -0.2) is 4.39 Å². The van der Waals surface area contributed by atoms with Crippen LogP contribution < -0.4 is 10.6 Å². The monoisotopic (exact) mass is 355 g/mol. The molecule has 3 rings (SSSR count). The highest BCUT2D eigenvalue weighted by molar-refractivity contribution is 6.39. The predicted octanol–water partition coefficient (Wildman–Crippen LogP) is 2.11. The number of aryl methyl sites for hydroxylation is 1. The molecule has 7 heteroatoms. The Balaban J connectivity index is 1.62. The minimum Gasteiger partial charge on any atom is -0.386 e. The summed E-state index contributed by atoms with van der Waals surface area (Å²) >= 11 is 0. The van der Waals surface area contributed by atoms with Crippen molar-refractivity contribution in [2.75, 3.05) is 11.9 Å². The van der Waals surface area contributed by atoms with Gasteiger partial charge in [-0.05, 0) is 24.3 Å². The van der Waals surface area contributed by atoms with Crippen LogP contribution in [-0.2, 0) is 16.6 Å². The molecule has 6 nitrogen and oxygen atoms in total. The van der Waals surface area contributed by atoms with Gasteiger partial charge in [-0.3, -0.25) is 9.59 Å². The highest BCUT2D eigenvalue weighted by Crippen LogP contribution is 2.25. The van der Waals surface area contributed by atoms with E-state index >= 15 is 0 Å². The van der Waals surface area contributed by atoms with Crippen molar-refractivity contribution in [2.45, 2.75) is 6.10 Å². The fourth-order valence-corrected chi connectivity index (χ4v) is 2.77. The van der Waals surface area contributed by atoms with Crippen molar-refractivity contribution < 1.29 is 19.1 Å². The number of hydrogen-bond donors (Lipinski definition) is 3. The van der Waals surface area contributed by atoms with Crippen LogP contribution in [0, 0.1) is 5.82 Å². The van der Waals surface area contributed by atoms with Gasteiger partial charge in [-0.1, -0.05) is 24.3 Å². The molecule has 134 valence electrons. The minimum absolute atomic E-state index is 0.122. The van der Waals surface area contributed by atoms with Crippen LogP contribution >= 0.6 is 0 Å². The number of nitrogens with zero attached hydrogens (tertiary/aromatic N) is 1. The standard InChI is InChI=1S/C19H18FN3O3/c1-23-11-15(14-7-2-3-8-16(14)23)17(24)10-21-18(25)19(26)22-13-6-4-5-12(20)9-13/h2-9,11,17,24H,10H2,1H3,(H,21,25)(H,22,26). The molecule has 0 saturated heterocycles. The highest BCUT2D eigenvalue weighted by atomic mass is 19.1. The van der Waals surface area contributed by atoms with Gasteiger partial charge in [0.1, 0.15) is 5.82 Å². The van der Waals surface area contributed by atoms with E-state index in [-0.39, 0.29) is 12.2 Å². The Morgan fingerprint density at radius 3 is 2.69 bits per heavy atom. The maximum Gasteiger partial charge on any atom is 0.313 e. The van der Waals surface area contributed by atoms with Gasteiger partial charge in [-0.2, -0.15) is 0 Å². The maximum absolute atomic E-state index is 13.1. The number of rotatable bonds is 4. The molecule has 2 amide bonds. The van der Waals surface area contributed by atoms with E-state index in [1.807, 2.05) is 35.9 Å². The number of anilines is 1. The van der Waals surface area contributed by atoms with E-state index < -0.39 is 23.7 Å². The van der Waals surface area contributed by atoms with E-state index in [4.69, 9.17) is 0 Å². The van der Waals surface area contributed by atoms with Gasteiger partial charge in [0.05, 0.1) is 6.10 Å². The van der Waals surface area contributed by atoms with E-state index in [9.17, 15) is 19.1 Å². The summed E-state index contributed by atoms with van der Waals surface area (Å²) in [5, 5.41) is 15.9. The zero-order chi connectivity index (χ0) is 18.7. The van der Waals surface area contributed by atoms with Crippen molar-refractivity contribution in [3.8, 4) is 0 Å². The van der Waals surface area contributed by atoms with Crippen LogP contribution in [0.2, 0.25) is 0 Å². The Morgan fingerprint density at radius 2 is 1.92 bits per heavy atom. The Morgan fingerprint density at radius 1 is 1.15 bits per heavy atom. The van der Waals surface area contributed by atoms with Crippen molar-refractivity contribution in [2.24, 2.45) is 7.05 Å². The van der Waals surface area contributed by atoms with Gasteiger partial charge in [0, 0.05) is 41.9 Å². The summed E-state index contributed by atoms with van der Waals surface area (Å²) in [5.74, 6) is -2.36. The SMILES string of the molecule is Cn1cc(C(O)CNC(=O)C(=O)Nc2cccc(F)c2)c2ccccc21. The van der Waals surface area contributed by atoms with Crippen LogP contribution in [0.3, 0.4) is 0 Å². The molecule has 0 saturated carbocycles. The van der Waals surface area contributed by atoms with Crippen molar-refractivity contribution in [1.82, 2.24) is 9.88 Å². The Bertz CT molecular complexity index is 968. The molecule has 0 bridgehead atoms. The zero-order valence-electron chi connectivity index (χ0n) is 14.1. The normalized spacial score (nSPS) is 12.0. The van der Waals surface area contributed by atoms with Crippen LogP contribution in [0.15, 0.2) is 54.7 Å². The molecule has 0 aliphatic heterocycles. The Hall–Kier alpha value is -3.19. The molecule has 0 spiro atoms. The molecule has 3 aromatic rings. The number of fused-ring (bicyclic) bond motifs is 1. The van der Waals surface area contributed by atoms with E-state index in [0.717, 1.165) is 17.0 Å². The van der Waals surface area contributed by atoms with Crippen LogP contribution in [0.25, 0.3) is 10.9 Å². The van der Waals surface area contributed by atoms with E-state index in [1.165, 1.54) is 18.2 Å². The first-order chi connectivity index (χ1) is 12.5. The number of carbonyl (C=O) groups excluding carboxylic acids is 2. The van der Waals surface area contributed by atoms with Crippen molar-refractivity contribution in [1.29, 1.82) is 0 Å². The minimum atomic E-state index is -0.966. The number of benzene rings is 2. The summed E-state index contributed by atoms with van der Waals surface area (Å²) in [5.41, 5.74) is 1.80. The maximum atomic E-state index is 13.1. The average molecular weight is 355 g/mol. The summed E-state index contributed by atoms with van der Waals surface area (Å²) < 4.78 is 15.0. The largest absolute Gasteiger partial charge is 0.386 e. The third kappa shape index (κ3) is 3.73. The molecule has 0 radical (unpaired) electrons. The molecule has 0 fully saturated rings. The van der Waals surface area contributed by atoms with Gasteiger partial charge in [-0.15, -0.1) is 0 Å². The smallest absolute Gasteiger partial charge is 0.313 e. The summed E-state index contributed by atoms with van der Waals surface area (Å²) in [6, 6.07) is 12.8. The first-order valence-electron chi connectivity index (χ1n) is 8.02. The second kappa shape index (κ2) is 7.37. The fraction of sp³-hybridized carbons (Fsp3) is 0.158. The molecule has 26 heavy (non-hydrogen) atoms. The number of aliphatic hydroxyl groups excluding tert-OH is 1. The van der Waals surface area contributed by atoms with E-state index in [2.05, 4.69) is 10.6 Å². The topological polar surface area (TPSA) is 83.4 Å². The van der Waals surface area contributed by atoms with Gasteiger partial charge in [0.2, 0.25) is 0 Å². The van der Waals surface area contributed by atoms with Crippen molar-refractivity contribution in [3.63, 3.8) is 0 Å². The predicted molar refractivity (Wildman–Crippen MR) is 95.9 cm³/mol. The first-order valence-corrected chi connectivity index (χ1v) is 8.02. The number of nitrogens with one attached hydrogen (secondary N) is 2. The van der Waals surface area contributed by atoms with Gasteiger partial charge < -0.3 is 20.3 Å². The molecule has 0 aliphatic carbocycles. The molecule has 1 aromatic heterocycles. The van der Waals surface area contributed by atoms with Crippen LogP contribution in [-0.4, -0.2) is 28.0 Å². The number of hydrogen-bond acceptors (Lipinski definition) is 3. The van der Waals surface area contributed by atoms with Crippen LogP contribution in [0.1, 0.15) is 11.7 Å². The quantitative estimate of drug-likeness (QED) is 0.627. The Labute approximate surface area is 149 Å². The second-order valence-electron chi connectivity index (χ2n) is 5.90. The second-order valence-corrected chi connectivity index (χ2v) is 5.90. The molecule has 2 aromatic carbocycles. The third-order valence-electron chi connectivity index (χ3n) is 4.03. The average Bonchev–Trinajstić information content (AvgIpc) is 2.96. The van der Waals surface area contributed by atoms with Crippen molar-refractivity contribution >= 4 is 28.4 Å². The summed E-state index contributed by atoms with van der Waals surface area (Å²) in [4.78, 5) is 23.8. The highest BCUT2D eigenvalue weighted by Gasteiger charge is 2.18. The van der Waals surface area contributed by atoms with Gasteiger partial charge in [0.15, 0.2) is 0 Å². The molecule has 3 N–H and O–H groups in total. The molecule has 1 heterocycles. The summed E-state index contributed by atoms with van der Waals surface area (Å²) in [6.07, 6.45) is 0.820. The number of carbonyl (C=O) groups is 2. The number of aromatic nitrogens is 1. The molecular weight excluding hydrogens is 337 g/mol. The Kier molecular flexibility index (Phi) is 4.99. The van der Waals surface area contributed by atoms with E-state index in [1.54, 1.807) is 6.20 Å². The zero-order valence-corrected chi connectivity index (χ0v) is 14.1. The van der Waals surface area contributed by atoms with Gasteiger partial charge >= 0.3 is 11.8 Å².